The second kappa shape index (κ2) is 7.15. The summed E-state index contributed by atoms with van der Waals surface area (Å²) < 4.78 is 0. The van der Waals surface area contributed by atoms with Gasteiger partial charge in [0.1, 0.15) is 6.04 Å². The lowest BCUT2D eigenvalue weighted by Crippen LogP contribution is -2.44. The van der Waals surface area contributed by atoms with Crippen LogP contribution in [-0.4, -0.2) is 35.5 Å². The van der Waals surface area contributed by atoms with Gasteiger partial charge in [0.25, 0.3) is 5.91 Å². The fraction of sp³-hybridized carbons (Fsp3) is 0.308. The molecule has 0 unspecified atom stereocenters. The molecule has 3 N–H and O–H groups in total. The maximum Gasteiger partial charge on any atom is 0.326 e. The smallest absolute Gasteiger partial charge is 0.326 e. The summed E-state index contributed by atoms with van der Waals surface area (Å²) in [5, 5.41) is 13.8. The molecule has 0 heterocycles. The molecule has 0 aromatic heterocycles. The van der Waals surface area contributed by atoms with Crippen molar-refractivity contribution in [3.8, 4) is 0 Å². The minimum Gasteiger partial charge on any atom is -0.480 e. The van der Waals surface area contributed by atoms with Crippen LogP contribution in [0.5, 0.6) is 0 Å². The van der Waals surface area contributed by atoms with Gasteiger partial charge < -0.3 is 15.7 Å². The Morgan fingerprint density at radius 2 is 1.84 bits per heavy atom. The van der Waals surface area contributed by atoms with Gasteiger partial charge in [0.15, 0.2) is 0 Å². The molecule has 0 radical (unpaired) electrons. The number of amides is 2. The molecule has 0 aliphatic rings. The van der Waals surface area contributed by atoms with Gasteiger partial charge >= 0.3 is 5.97 Å². The summed E-state index contributed by atoms with van der Waals surface area (Å²) in [6.45, 7) is 2.15. The summed E-state index contributed by atoms with van der Waals surface area (Å²) in [7, 11) is 0. The van der Waals surface area contributed by atoms with Crippen LogP contribution in [0.1, 0.15) is 23.7 Å². The predicted molar refractivity (Wildman–Crippen MR) is 68.6 cm³/mol. The average molecular weight is 264 g/mol. The Kier molecular flexibility index (Phi) is 5.53. The SMILES string of the molecule is CCNC(=O)C[C@H](NC(=O)c1ccccc1)C(=O)O. The molecule has 1 rings (SSSR count). The summed E-state index contributed by atoms with van der Waals surface area (Å²) in [6.07, 6.45) is -0.290. The lowest BCUT2D eigenvalue weighted by Gasteiger charge is -2.14. The first-order chi connectivity index (χ1) is 9.04. The van der Waals surface area contributed by atoms with E-state index in [0.29, 0.717) is 12.1 Å². The Balaban J connectivity index is 2.66. The summed E-state index contributed by atoms with van der Waals surface area (Å²) in [6, 6.07) is 7.00. The van der Waals surface area contributed by atoms with E-state index in [4.69, 9.17) is 5.11 Å². The Labute approximate surface area is 110 Å². The number of aliphatic carboxylic acids is 1. The van der Waals surface area contributed by atoms with Crippen molar-refractivity contribution in [1.29, 1.82) is 0 Å². The summed E-state index contributed by atoms with van der Waals surface area (Å²) >= 11 is 0. The van der Waals surface area contributed by atoms with Gasteiger partial charge in [-0.1, -0.05) is 18.2 Å². The van der Waals surface area contributed by atoms with E-state index < -0.39 is 23.8 Å². The number of carboxylic acid groups (broad SMARTS) is 1. The zero-order chi connectivity index (χ0) is 14.3. The number of carbonyl (C=O) groups excluding carboxylic acids is 2. The largest absolute Gasteiger partial charge is 0.480 e. The average Bonchev–Trinajstić information content (AvgIpc) is 2.39. The summed E-state index contributed by atoms with van der Waals surface area (Å²) in [4.78, 5) is 34.2. The quantitative estimate of drug-likeness (QED) is 0.693. The number of benzene rings is 1. The van der Waals surface area contributed by atoms with E-state index in [0.717, 1.165) is 0 Å². The molecule has 1 aromatic rings. The molecule has 0 bridgehead atoms. The molecule has 2 amide bonds. The third-order valence-corrected chi connectivity index (χ3v) is 2.40. The molecule has 0 fully saturated rings. The fourth-order valence-corrected chi connectivity index (χ4v) is 1.49. The standard InChI is InChI=1S/C13H16N2O4/c1-2-14-11(16)8-10(13(18)19)15-12(17)9-6-4-3-5-7-9/h3-7,10H,2,8H2,1H3,(H,14,16)(H,15,17)(H,18,19)/t10-/m0/s1. The Morgan fingerprint density at radius 3 is 2.37 bits per heavy atom. The van der Waals surface area contributed by atoms with Crippen molar-refractivity contribution >= 4 is 17.8 Å². The van der Waals surface area contributed by atoms with E-state index in [1.807, 2.05) is 0 Å². The number of rotatable bonds is 6. The molecule has 1 aromatic carbocycles. The number of hydrogen-bond acceptors (Lipinski definition) is 3. The highest BCUT2D eigenvalue weighted by Gasteiger charge is 2.23. The Bertz CT molecular complexity index is 459. The molecule has 6 nitrogen and oxygen atoms in total. The number of carbonyl (C=O) groups is 3. The van der Waals surface area contributed by atoms with Gasteiger partial charge in [-0.2, -0.15) is 0 Å². The second-order valence-electron chi connectivity index (χ2n) is 3.89. The molecule has 0 aliphatic heterocycles. The molecule has 102 valence electrons. The van der Waals surface area contributed by atoms with E-state index in [2.05, 4.69) is 10.6 Å². The Morgan fingerprint density at radius 1 is 1.21 bits per heavy atom. The van der Waals surface area contributed by atoms with Gasteiger partial charge in [0, 0.05) is 12.1 Å². The van der Waals surface area contributed by atoms with Gasteiger partial charge in [-0.05, 0) is 19.1 Å². The highest BCUT2D eigenvalue weighted by atomic mass is 16.4. The monoisotopic (exact) mass is 264 g/mol. The van der Waals surface area contributed by atoms with Crippen LogP contribution in [0.15, 0.2) is 30.3 Å². The van der Waals surface area contributed by atoms with Crippen LogP contribution in [0.4, 0.5) is 0 Å². The van der Waals surface area contributed by atoms with E-state index in [-0.39, 0.29) is 6.42 Å². The van der Waals surface area contributed by atoms with Crippen LogP contribution in [0.25, 0.3) is 0 Å². The molecule has 0 aliphatic carbocycles. The zero-order valence-corrected chi connectivity index (χ0v) is 10.6. The maximum absolute atomic E-state index is 11.8. The van der Waals surface area contributed by atoms with Crippen LogP contribution in [-0.2, 0) is 9.59 Å². The first-order valence-corrected chi connectivity index (χ1v) is 5.90. The zero-order valence-electron chi connectivity index (χ0n) is 10.6. The second-order valence-corrected chi connectivity index (χ2v) is 3.89. The van der Waals surface area contributed by atoms with Gasteiger partial charge in [-0.3, -0.25) is 9.59 Å². The van der Waals surface area contributed by atoms with Gasteiger partial charge in [-0.15, -0.1) is 0 Å². The number of hydrogen-bond donors (Lipinski definition) is 3. The van der Waals surface area contributed by atoms with E-state index in [1.54, 1.807) is 37.3 Å². The lowest BCUT2D eigenvalue weighted by atomic mass is 10.1. The maximum atomic E-state index is 11.8. The van der Waals surface area contributed by atoms with Crippen LogP contribution in [0.2, 0.25) is 0 Å². The van der Waals surface area contributed by atoms with Crippen molar-refractivity contribution < 1.29 is 19.5 Å². The molecule has 0 saturated heterocycles. The molecular weight excluding hydrogens is 248 g/mol. The minimum atomic E-state index is -1.24. The van der Waals surface area contributed by atoms with E-state index in [9.17, 15) is 14.4 Å². The molecule has 1 atom stereocenters. The fourth-order valence-electron chi connectivity index (χ4n) is 1.49. The number of carboxylic acids is 1. The molecule has 0 saturated carbocycles. The van der Waals surface area contributed by atoms with E-state index >= 15 is 0 Å². The summed E-state index contributed by atoms with van der Waals surface area (Å²) in [5.74, 6) is -2.17. The molecule has 0 spiro atoms. The van der Waals surface area contributed by atoms with Gasteiger partial charge in [0.2, 0.25) is 5.91 Å². The normalized spacial score (nSPS) is 11.4. The van der Waals surface area contributed by atoms with Crippen LogP contribution in [0.3, 0.4) is 0 Å². The van der Waals surface area contributed by atoms with Gasteiger partial charge in [-0.25, -0.2) is 4.79 Å². The third-order valence-electron chi connectivity index (χ3n) is 2.40. The molecule has 19 heavy (non-hydrogen) atoms. The van der Waals surface area contributed by atoms with Crippen LogP contribution in [0, 0.1) is 0 Å². The van der Waals surface area contributed by atoms with Crippen LogP contribution >= 0.6 is 0 Å². The Hall–Kier alpha value is -2.37. The lowest BCUT2D eigenvalue weighted by molar-refractivity contribution is -0.141. The predicted octanol–water partition coefficient (Wildman–Crippen LogP) is 0.396. The van der Waals surface area contributed by atoms with Crippen molar-refractivity contribution in [3.05, 3.63) is 35.9 Å². The number of nitrogens with one attached hydrogen (secondary N) is 2. The molecule has 6 heteroatoms. The first kappa shape index (κ1) is 14.7. The van der Waals surface area contributed by atoms with Gasteiger partial charge in [0.05, 0.1) is 6.42 Å². The van der Waals surface area contributed by atoms with Crippen molar-refractivity contribution in [3.63, 3.8) is 0 Å². The van der Waals surface area contributed by atoms with Crippen molar-refractivity contribution in [2.75, 3.05) is 6.54 Å². The van der Waals surface area contributed by atoms with Crippen molar-refractivity contribution in [1.82, 2.24) is 10.6 Å². The van der Waals surface area contributed by atoms with E-state index in [1.165, 1.54) is 0 Å². The first-order valence-electron chi connectivity index (χ1n) is 5.90. The minimum absolute atomic E-state index is 0.290. The van der Waals surface area contributed by atoms with Crippen molar-refractivity contribution in [2.24, 2.45) is 0 Å². The van der Waals surface area contributed by atoms with Crippen molar-refractivity contribution in [2.45, 2.75) is 19.4 Å². The highest BCUT2D eigenvalue weighted by molar-refractivity contribution is 5.97. The third kappa shape index (κ3) is 4.79. The molecular formula is C13H16N2O4. The summed E-state index contributed by atoms with van der Waals surface area (Å²) in [5.41, 5.74) is 0.352. The highest BCUT2D eigenvalue weighted by Crippen LogP contribution is 2.01. The topological polar surface area (TPSA) is 95.5 Å². The van der Waals surface area contributed by atoms with Crippen LogP contribution < -0.4 is 10.6 Å².